The topological polar surface area (TPSA) is 72.5 Å². The fourth-order valence-electron chi connectivity index (χ4n) is 2.17. The predicted octanol–water partition coefficient (Wildman–Crippen LogP) is 4.19. The Balaban J connectivity index is 1.89. The van der Waals surface area contributed by atoms with Crippen molar-refractivity contribution >= 4 is 44.6 Å². The van der Waals surface area contributed by atoms with Crippen molar-refractivity contribution < 1.29 is 17.9 Å². The Morgan fingerprint density at radius 1 is 1.08 bits per heavy atom. The minimum absolute atomic E-state index is 0.0690. The molecule has 5 nitrogen and oxygen atoms in total. The number of halogens is 2. The van der Waals surface area contributed by atoms with E-state index in [1.54, 1.807) is 30.3 Å². The molecule has 2 aromatic carbocycles. The lowest BCUT2D eigenvalue weighted by molar-refractivity contribution is -0.116. The average molecular weight is 402 g/mol. The van der Waals surface area contributed by atoms with Crippen molar-refractivity contribution in [3.8, 4) is 5.75 Å². The average Bonchev–Trinajstić information content (AvgIpc) is 2.53. The second-order valence-corrected chi connectivity index (χ2v) is 8.29. The summed E-state index contributed by atoms with van der Waals surface area (Å²) in [5.41, 5.74) is 0.473. The smallest absolute Gasteiger partial charge is 0.224 e. The van der Waals surface area contributed by atoms with Crippen LogP contribution in [0.1, 0.15) is 12.8 Å². The molecule has 0 aliphatic heterocycles. The summed E-state index contributed by atoms with van der Waals surface area (Å²) in [6.07, 6.45) is 0.272. The summed E-state index contributed by atoms with van der Waals surface area (Å²) in [6.45, 7) is 0. The molecule has 0 aromatic heterocycles. The Bertz CT molecular complexity index is 831. The molecule has 0 unspecified atom stereocenters. The lowest BCUT2D eigenvalue weighted by Crippen LogP contribution is -2.14. The maximum atomic E-state index is 12.3. The SMILES string of the molecule is COc1ccc(S(=O)(=O)CCCC(=O)Nc2cc(Cl)cc(Cl)c2)cc1. The van der Waals surface area contributed by atoms with Crippen LogP contribution in [0.2, 0.25) is 10.0 Å². The summed E-state index contributed by atoms with van der Waals surface area (Å²) < 4.78 is 29.5. The van der Waals surface area contributed by atoms with Crippen LogP contribution < -0.4 is 10.1 Å². The van der Waals surface area contributed by atoms with Crippen LogP contribution >= 0.6 is 23.2 Å². The monoisotopic (exact) mass is 401 g/mol. The number of methoxy groups -OCH3 is 1. The third kappa shape index (κ3) is 5.92. The largest absolute Gasteiger partial charge is 0.497 e. The van der Waals surface area contributed by atoms with E-state index in [-0.39, 0.29) is 29.4 Å². The Labute approximate surface area is 156 Å². The van der Waals surface area contributed by atoms with Crippen molar-refractivity contribution in [3.63, 3.8) is 0 Å². The van der Waals surface area contributed by atoms with Gasteiger partial charge in [-0.05, 0) is 48.9 Å². The predicted molar refractivity (Wildman–Crippen MR) is 99.4 cm³/mol. The molecule has 0 saturated heterocycles. The van der Waals surface area contributed by atoms with Gasteiger partial charge in [-0.15, -0.1) is 0 Å². The normalized spacial score (nSPS) is 11.2. The Kier molecular flexibility index (Phi) is 6.70. The molecule has 0 aliphatic rings. The first kappa shape index (κ1) is 19.6. The number of rotatable bonds is 7. The van der Waals surface area contributed by atoms with Gasteiger partial charge in [0, 0.05) is 22.2 Å². The fourth-order valence-corrected chi connectivity index (χ4v) is 4.01. The number of hydrogen-bond donors (Lipinski definition) is 1. The number of carbonyl (C=O) groups is 1. The van der Waals surface area contributed by atoms with E-state index in [4.69, 9.17) is 27.9 Å². The highest BCUT2D eigenvalue weighted by Gasteiger charge is 2.15. The highest BCUT2D eigenvalue weighted by atomic mass is 35.5. The van der Waals surface area contributed by atoms with E-state index in [1.807, 2.05) is 0 Å². The summed E-state index contributed by atoms with van der Waals surface area (Å²) in [5, 5.41) is 3.46. The third-order valence-electron chi connectivity index (χ3n) is 3.38. The minimum atomic E-state index is -3.44. The van der Waals surface area contributed by atoms with Gasteiger partial charge in [-0.3, -0.25) is 4.79 Å². The number of anilines is 1. The van der Waals surface area contributed by atoms with Gasteiger partial charge in [-0.25, -0.2) is 8.42 Å². The summed E-state index contributed by atoms with van der Waals surface area (Å²) in [6, 6.07) is 10.8. The van der Waals surface area contributed by atoms with Crippen molar-refractivity contribution in [1.82, 2.24) is 0 Å². The summed E-state index contributed by atoms with van der Waals surface area (Å²) in [5.74, 6) is 0.157. The molecule has 0 spiro atoms. The number of hydrogen-bond acceptors (Lipinski definition) is 4. The van der Waals surface area contributed by atoms with Crippen LogP contribution in [0.4, 0.5) is 5.69 Å². The molecule has 0 aliphatic carbocycles. The fraction of sp³-hybridized carbons (Fsp3) is 0.235. The van der Waals surface area contributed by atoms with Crippen LogP contribution in [-0.2, 0) is 14.6 Å². The van der Waals surface area contributed by atoms with Gasteiger partial charge in [0.15, 0.2) is 9.84 Å². The second-order valence-electron chi connectivity index (χ2n) is 5.30. The van der Waals surface area contributed by atoms with E-state index in [0.717, 1.165) is 0 Å². The van der Waals surface area contributed by atoms with E-state index < -0.39 is 9.84 Å². The van der Waals surface area contributed by atoms with Crippen LogP contribution in [0.25, 0.3) is 0 Å². The zero-order valence-electron chi connectivity index (χ0n) is 13.5. The molecule has 134 valence electrons. The molecule has 25 heavy (non-hydrogen) atoms. The van der Waals surface area contributed by atoms with Crippen molar-refractivity contribution in [1.29, 1.82) is 0 Å². The molecule has 1 amide bonds. The van der Waals surface area contributed by atoms with Crippen LogP contribution in [0, 0.1) is 0 Å². The van der Waals surface area contributed by atoms with Gasteiger partial charge in [0.1, 0.15) is 5.75 Å². The summed E-state index contributed by atoms with van der Waals surface area (Å²) >= 11 is 11.7. The number of benzene rings is 2. The molecular weight excluding hydrogens is 385 g/mol. The van der Waals surface area contributed by atoms with Crippen molar-refractivity contribution in [2.75, 3.05) is 18.2 Å². The molecule has 2 aromatic rings. The molecule has 0 bridgehead atoms. The second kappa shape index (κ2) is 8.56. The van der Waals surface area contributed by atoms with Gasteiger partial charge in [0.05, 0.1) is 17.8 Å². The Morgan fingerprint density at radius 2 is 1.68 bits per heavy atom. The van der Waals surface area contributed by atoms with E-state index >= 15 is 0 Å². The van der Waals surface area contributed by atoms with Crippen molar-refractivity contribution in [3.05, 3.63) is 52.5 Å². The Morgan fingerprint density at radius 3 is 2.24 bits per heavy atom. The highest BCUT2D eigenvalue weighted by Crippen LogP contribution is 2.23. The Hall–Kier alpha value is -1.76. The molecule has 0 heterocycles. The summed E-state index contributed by atoms with van der Waals surface area (Å²) in [4.78, 5) is 12.1. The number of ether oxygens (including phenoxy) is 1. The van der Waals surface area contributed by atoms with Gasteiger partial charge in [-0.2, -0.15) is 0 Å². The molecular formula is C17H17Cl2NO4S. The number of sulfone groups is 1. The lowest BCUT2D eigenvalue weighted by atomic mass is 10.3. The maximum Gasteiger partial charge on any atom is 0.224 e. The van der Waals surface area contributed by atoms with Gasteiger partial charge in [0.25, 0.3) is 0 Å². The minimum Gasteiger partial charge on any atom is -0.497 e. The van der Waals surface area contributed by atoms with Crippen molar-refractivity contribution in [2.24, 2.45) is 0 Å². The van der Waals surface area contributed by atoms with Crippen LogP contribution in [0.5, 0.6) is 5.75 Å². The quantitative estimate of drug-likeness (QED) is 0.754. The third-order valence-corrected chi connectivity index (χ3v) is 5.63. The lowest BCUT2D eigenvalue weighted by Gasteiger charge is -2.07. The molecule has 2 rings (SSSR count). The number of carbonyl (C=O) groups excluding carboxylic acids is 1. The highest BCUT2D eigenvalue weighted by molar-refractivity contribution is 7.91. The number of amides is 1. The van der Waals surface area contributed by atoms with Gasteiger partial charge < -0.3 is 10.1 Å². The molecule has 0 atom stereocenters. The van der Waals surface area contributed by atoms with Crippen LogP contribution in [0.15, 0.2) is 47.4 Å². The van der Waals surface area contributed by atoms with E-state index in [9.17, 15) is 13.2 Å². The van der Waals surface area contributed by atoms with Crippen LogP contribution in [-0.4, -0.2) is 27.2 Å². The van der Waals surface area contributed by atoms with Gasteiger partial charge in [0.2, 0.25) is 5.91 Å². The number of nitrogens with one attached hydrogen (secondary N) is 1. The molecule has 1 N–H and O–H groups in total. The molecule has 8 heteroatoms. The first-order chi connectivity index (χ1) is 11.8. The van der Waals surface area contributed by atoms with E-state index in [1.165, 1.54) is 19.2 Å². The van der Waals surface area contributed by atoms with Crippen LogP contribution in [0.3, 0.4) is 0 Å². The van der Waals surface area contributed by atoms with Gasteiger partial charge in [-0.1, -0.05) is 23.2 Å². The first-order valence-electron chi connectivity index (χ1n) is 7.43. The molecule has 0 radical (unpaired) electrons. The zero-order chi connectivity index (χ0) is 18.4. The van der Waals surface area contributed by atoms with Gasteiger partial charge >= 0.3 is 0 Å². The van der Waals surface area contributed by atoms with E-state index in [2.05, 4.69) is 5.32 Å². The molecule has 0 fully saturated rings. The first-order valence-corrected chi connectivity index (χ1v) is 9.84. The standard InChI is InChI=1S/C17H17Cl2NO4S/c1-24-15-4-6-16(7-5-15)25(22,23)8-2-3-17(21)20-14-10-12(18)9-13(19)11-14/h4-7,9-11H,2-3,8H2,1H3,(H,20,21). The van der Waals surface area contributed by atoms with E-state index in [0.29, 0.717) is 21.5 Å². The maximum absolute atomic E-state index is 12.3. The van der Waals surface area contributed by atoms with Crippen molar-refractivity contribution in [2.45, 2.75) is 17.7 Å². The summed E-state index contributed by atoms with van der Waals surface area (Å²) in [7, 11) is -1.94. The zero-order valence-corrected chi connectivity index (χ0v) is 15.8. The molecule has 0 saturated carbocycles.